The van der Waals surface area contributed by atoms with Crippen molar-refractivity contribution in [3.8, 4) is 0 Å². The Morgan fingerprint density at radius 3 is 2.43 bits per heavy atom. The highest BCUT2D eigenvalue weighted by atomic mass is 16.3. The van der Waals surface area contributed by atoms with E-state index in [1.165, 1.54) is 0 Å². The highest BCUT2D eigenvalue weighted by molar-refractivity contribution is 4.96. The first-order valence-corrected chi connectivity index (χ1v) is 2.22. The molecule has 0 spiro atoms. The van der Waals surface area contributed by atoms with Crippen molar-refractivity contribution in [3.05, 3.63) is 12.2 Å². The first kappa shape index (κ1) is 6.66. The van der Waals surface area contributed by atoms with Crippen LogP contribution in [0.4, 0.5) is 0 Å². The summed E-state index contributed by atoms with van der Waals surface area (Å²) in [5.74, 6) is 0. The van der Waals surface area contributed by atoms with Crippen LogP contribution in [0.3, 0.4) is 0 Å². The Labute approximate surface area is 43.6 Å². The molecule has 1 atom stereocenters. The van der Waals surface area contributed by atoms with E-state index in [0.29, 0.717) is 0 Å². The Kier molecular flexibility index (Phi) is 2.64. The molecular formula is C5H11NO. The van der Waals surface area contributed by atoms with Gasteiger partial charge in [0.05, 0.1) is 6.10 Å². The Hall–Kier alpha value is -0.340. The van der Waals surface area contributed by atoms with Gasteiger partial charge in [-0.25, -0.2) is 0 Å². The number of rotatable bonds is 2. The zero-order valence-electron chi connectivity index (χ0n) is 4.52. The number of hydrogen-bond acceptors (Lipinski definition) is 2. The van der Waals surface area contributed by atoms with Crippen molar-refractivity contribution in [1.29, 1.82) is 0 Å². The van der Waals surface area contributed by atoms with Crippen molar-refractivity contribution in [3.63, 3.8) is 0 Å². The van der Waals surface area contributed by atoms with Crippen LogP contribution in [-0.4, -0.2) is 17.8 Å². The minimum absolute atomic E-state index is 0.273. The molecular weight excluding hydrogens is 90.1 g/mol. The van der Waals surface area contributed by atoms with Crippen LogP contribution in [0.5, 0.6) is 0 Å². The van der Waals surface area contributed by atoms with E-state index in [1.807, 2.05) is 0 Å². The smallest absolute Gasteiger partial charge is 0.0867 e. The normalized spacial score (nSPS) is 13.6. The van der Waals surface area contributed by atoms with E-state index in [-0.39, 0.29) is 6.54 Å². The molecule has 7 heavy (non-hydrogen) atoms. The average Bonchev–Trinajstić information content (AvgIpc) is 1.65. The third-order valence-electron chi connectivity index (χ3n) is 0.792. The monoisotopic (exact) mass is 101 g/mol. The van der Waals surface area contributed by atoms with Gasteiger partial charge >= 0.3 is 0 Å². The van der Waals surface area contributed by atoms with Gasteiger partial charge in [0.2, 0.25) is 0 Å². The Morgan fingerprint density at radius 2 is 2.43 bits per heavy atom. The summed E-state index contributed by atoms with van der Waals surface area (Å²) in [6.07, 6.45) is -0.514. The molecule has 0 aliphatic rings. The molecule has 0 aliphatic heterocycles. The molecule has 0 aliphatic carbocycles. The fourth-order valence-electron chi connectivity index (χ4n) is 0.201. The van der Waals surface area contributed by atoms with Crippen molar-refractivity contribution in [1.82, 2.24) is 0 Å². The van der Waals surface area contributed by atoms with Crippen molar-refractivity contribution < 1.29 is 5.11 Å². The maximum atomic E-state index is 8.71. The first-order chi connectivity index (χ1) is 3.18. The maximum absolute atomic E-state index is 8.71. The lowest BCUT2D eigenvalue weighted by molar-refractivity contribution is 0.219. The average molecular weight is 101 g/mol. The summed E-state index contributed by atoms with van der Waals surface area (Å²) in [6.45, 7) is 5.52. The molecule has 0 aromatic rings. The first-order valence-electron chi connectivity index (χ1n) is 2.22. The van der Waals surface area contributed by atoms with Gasteiger partial charge in [-0.1, -0.05) is 12.2 Å². The van der Waals surface area contributed by atoms with Gasteiger partial charge in [-0.2, -0.15) is 0 Å². The molecule has 0 saturated heterocycles. The van der Waals surface area contributed by atoms with Crippen LogP contribution in [0, 0.1) is 0 Å². The van der Waals surface area contributed by atoms with Crippen molar-refractivity contribution >= 4 is 0 Å². The van der Waals surface area contributed by atoms with Crippen molar-refractivity contribution in [2.45, 2.75) is 13.0 Å². The lowest BCUT2D eigenvalue weighted by Crippen LogP contribution is -2.19. The molecule has 2 nitrogen and oxygen atoms in total. The maximum Gasteiger partial charge on any atom is 0.0867 e. The minimum atomic E-state index is -0.514. The summed E-state index contributed by atoms with van der Waals surface area (Å²) in [7, 11) is 0. The van der Waals surface area contributed by atoms with Crippen LogP contribution in [0.2, 0.25) is 0 Å². The quantitative estimate of drug-likeness (QED) is 0.476. The largest absolute Gasteiger partial charge is 0.387 e. The van der Waals surface area contributed by atoms with Crippen LogP contribution in [0.1, 0.15) is 6.92 Å². The third kappa shape index (κ3) is 2.37. The summed E-state index contributed by atoms with van der Waals surface area (Å²) in [5, 5.41) is 8.71. The van der Waals surface area contributed by atoms with Gasteiger partial charge in [0.25, 0.3) is 0 Å². The lowest BCUT2D eigenvalue weighted by Gasteiger charge is -2.03. The fraction of sp³-hybridized carbons (Fsp3) is 0.600. The number of hydrogen-bond donors (Lipinski definition) is 2. The third-order valence-corrected chi connectivity index (χ3v) is 0.792. The summed E-state index contributed by atoms with van der Waals surface area (Å²) in [5.41, 5.74) is 5.79. The van der Waals surface area contributed by atoms with Crippen LogP contribution in [-0.2, 0) is 0 Å². The van der Waals surface area contributed by atoms with Crippen LogP contribution in [0.25, 0.3) is 0 Å². The predicted molar refractivity (Wildman–Crippen MR) is 29.9 cm³/mol. The molecule has 0 amide bonds. The van der Waals surface area contributed by atoms with E-state index < -0.39 is 6.10 Å². The van der Waals surface area contributed by atoms with E-state index in [9.17, 15) is 0 Å². The SMILES string of the molecule is C=C(C)[C@@H](O)CN. The second-order valence-electron chi connectivity index (χ2n) is 1.60. The Balaban J connectivity index is 3.34. The molecule has 42 valence electrons. The lowest BCUT2D eigenvalue weighted by atomic mass is 10.2. The molecule has 0 bridgehead atoms. The number of nitrogens with two attached hydrogens (primary N) is 1. The number of aliphatic hydroxyl groups is 1. The van der Waals surface area contributed by atoms with E-state index >= 15 is 0 Å². The topological polar surface area (TPSA) is 46.2 Å². The molecule has 0 unspecified atom stereocenters. The summed E-state index contributed by atoms with van der Waals surface area (Å²) in [6, 6.07) is 0. The van der Waals surface area contributed by atoms with E-state index in [4.69, 9.17) is 10.8 Å². The summed E-state index contributed by atoms with van der Waals surface area (Å²) >= 11 is 0. The van der Waals surface area contributed by atoms with E-state index in [0.717, 1.165) is 5.57 Å². The van der Waals surface area contributed by atoms with Crippen LogP contribution < -0.4 is 5.73 Å². The minimum Gasteiger partial charge on any atom is -0.387 e. The van der Waals surface area contributed by atoms with Gasteiger partial charge in [0.15, 0.2) is 0 Å². The molecule has 3 N–H and O–H groups in total. The van der Waals surface area contributed by atoms with Crippen LogP contribution in [0.15, 0.2) is 12.2 Å². The van der Waals surface area contributed by atoms with Gasteiger partial charge in [-0.15, -0.1) is 0 Å². The standard InChI is InChI=1S/C5H11NO/c1-4(2)5(7)3-6/h5,7H,1,3,6H2,2H3/t5-/m0/s1. The molecule has 2 heteroatoms. The molecule has 0 saturated carbocycles. The second kappa shape index (κ2) is 2.77. The molecule has 0 heterocycles. The number of aliphatic hydroxyl groups excluding tert-OH is 1. The molecule has 0 aromatic carbocycles. The Morgan fingerprint density at radius 1 is 2.00 bits per heavy atom. The highest BCUT2D eigenvalue weighted by Crippen LogP contribution is 1.92. The van der Waals surface area contributed by atoms with E-state index in [1.54, 1.807) is 6.92 Å². The predicted octanol–water partition coefficient (Wildman–Crippen LogP) is -0.118. The zero-order valence-corrected chi connectivity index (χ0v) is 4.52. The van der Waals surface area contributed by atoms with Gasteiger partial charge in [0, 0.05) is 6.54 Å². The van der Waals surface area contributed by atoms with Gasteiger partial charge in [0.1, 0.15) is 0 Å². The van der Waals surface area contributed by atoms with Gasteiger partial charge in [-0.3, -0.25) is 0 Å². The zero-order chi connectivity index (χ0) is 5.86. The van der Waals surface area contributed by atoms with Gasteiger partial charge in [-0.05, 0) is 6.92 Å². The van der Waals surface area contributed by atoms with Crippen molar-refractivity contribution in [2.24, 2.45) is 5.73 Å². The van der Waals surface area contributed by atoms with Crippen LogP contribution >= 0.6 is 0 Å². The highest BCUT2D eigenvalue weighted by Gasteiger charge is 1.97. The molecule has 0 rings (SSSR count). The molecule has 0 fully saturated rings. The van der Waals surface area contributed by atoms with Gasteiger partial charge < -0.3 is 10.8 Å². The Bertz CT molecular complexity index is 70.5. The fourth-order valence-corrected chi connectivity index (χ4v) is 0.201. The summed E-state index contributed by atoms with van der Waals surface area (Å²) in [4.78, 5) is 0. The van der Waals surface area contributed by atoms with Crippen molar-refractivity contribution in [2.75, 3.05) is 6.54 Å². The second-order valence-corrected chi connectivity index (χ2v) is 1.60. The molecule has 0 radical (unpaired) electrons. The molecule has 0 aromatic heterocycles. The summed E-state index contributed by atoms with van der Waals surface area (Å²) < 4.78 is 0. The van der Waals surface area contributed by atoms with E-state index in [2.05, 4.69) is 6.58 Å².